The average Bonchev–Trinajstić information content (AvgIpc) is 2.71. The van der Waals surface area contributed by atoms with Crippen LogP contribution in [0.1, 0.15) is 12.6 Å². The third-order valence-electron chi connectivity index (χ3n) is 2.08. The zero-order valence-corrected chi connectivity index (χ0v) is 9.06. The number of hydrogen-bond acceptors (Lipinski definition) is 5. The van der Waals surface area contributed by atoms with Crippen molar-refractivity contribution in [2.24, 2.45) is 0 Å². The van der Waals surface area contributed by atoms with Crippen molar-refractivity contribution in [3.63, 3.8) is 0 Å². The van der Waals surface area contributed by atoms with Gasteiger partial charge < -0.3 is 5.32 Å². The van der Waals surface area contributed by atoms with Crippen molar-refractivity contribution >= 4 is 11.6 Å². The molecule has 0 aliphatic rings. The molecule has 84 valence electrons. The number of H-pyrrole nitrogens is 1. The molecule has 0 saturated heterocycles. The number of nitrogens with zero attached hydrogens (tertiary/aromatic N) is 4. The van der Waals surface area contributed by atoms with Crippen LogP contribution >= 0.6 is 0 Å². The van der Waals surface area contributed by atoms with E-state index in [1.165, 1.54) is 0 Å². The fraction of sp³-hybridized carbons (Fsp3) is 0.333. The van der Waals surface area contributed by atoms with E-state index >= 15 is 0 Å². The van der Waals surface area contributed by atoms with Gasteiger partial charge in [0, 0.05) is 12.7 Å². The minimum absolute atomic E-state index is 0.250. The largest absolute Gasteiger partial charge is 0.322 e. The predicted molar refractivity (Wildman–Crippen MR) is 58.6 cm³/mol. The molecule has 7 nitrogen and oxygen atoms in total. The zero-order chi connectivity index (χ0) is 11.5. The van der Waals surface area contributed by atoms with Crippen molar-refractivity contribution in [3.05, 3.63) is 28.4 Å². The minimum Gasteiger partial charge on any atom is -0.322 e. The van der Waals surface area contributed by atoms with E-state index in [-0.39, 0.29) is 5.56 Å². The number of nitrogens with one attached hydrogen (secondary N) is 2. The summed E-state index contributed by atoms with van der Waals surface area (Å²) in [5.41, 5.74) is 0.853. The van der Waals surface area contributed by atoms with Crippen LogP contribution in [0.3, 0.4) is 0 Å². The number of anilines is 2. The Morgan fingerprint density at radius 2 is 2.31 bits per heavy atom. The summed E-state index contributed by atoms with van der Waals surface area (Å²) in [5.74, 6) is 0.311. The van der Waals surface area contributed by atoms with E-state index < -0.39 is 0 Å². The fourth-order valence-corrected chi connectivity index (χ4v) is 1.19. The molecule has 16 heavy (non-hydrogen) atoms. The van der Waals surface area contributed by atoms with Crippen LogP contribution in [0.4, 0.5) is 11.6 Å². The maximum atomic E-state index is 11.3. The molecule has 2 rings (SSSR count). The van der Waals surface area contributed by atoms with Crippen molar-refractivity contribution in [2.75, 3.05) is 5.32 Å². The van der Waals surface area contributed by atoms with Gasteiger partial charge in [0.05, 0.1) is 11.9 Å². The summed E-state index contributed by atoms with van der Waals surface area (Å²) in [6.45, 7) is 4.38. The van der Waals surface area contributed by atoms with Gasteiger partial charge in [0.1, 0.15) is 5.69 Å². The van der Waals surface area contributed by atoms with Gasteiger partial charge in [-0.1, -0.05) is 0 Å². The van der Waals surface area contributed by atoms with Gasteiger partial charge in [-0.25, -0.2) is 0 Å². The number of rotatable bonds is 3. The monoisotopic (exact) mass is 220 g/mol. The Balaban J connectivity index is 2.20. The van der Waals surface area contributed by atoms with Gasteiger partial charge in [-0.05, 0) is 13.8 Å². The summed E-state index contributed by atoms with van der Waals surface area (Å²) in [6.07, 6.45) is 3.48. The topological polar surface area (TPSA) is 88.5 Å². The van der Waals surface area contributed by atoms with E-state index in [1.807, 2.05) is 13.1 Å². The highest BCUT2D eigenvalue weighted by atomic mass is 16.1. The van der Waals surface area contributed by atoms with Gasteiger partial charge in [-0.15, -0.1) is 10.2 Å². The van der Waals surface area contributed by atoms with Crippen molar-refractivity contribution in [1.82, 2.24) is 25.0 Å². The number of aryl methyl sites for hydroxylation is 2. The van der Waals surface area contributed by atoms with Gasteiger partial charge in [0.2, 0.25) is 5.95 Å². The first kappa shape index (κ1) is 10.3. The lowest BCUT2D eigenvalue weighted by molar-refractivity contribution is 0.660. The lowest BCUT2D eigenvalue weighted by Gasteiger charge is -2.00. The molecule has 2 aromatic rings. The summed E-state index contributed by atoms with van der Waals surface area (Å²) in [7, 11) is 0. The predicted octanol–water partition coefficient (Wildman–Crippen LogP) is 0.433. The van der Waals surface area contributed by atoms with Gasteiger partial charge >= 0.3 is 0 Å². The first-order valence-corrected chi connectivity index (χ1v) is 4.92. The molecule has 0 aromatic carbocycles. The smallest absolute Gasteiger partial charge is 0.273 e. The van der Waals surface area contributed by atoms with E-state index in [0.29, 0.717) is 11.6 Å². The van der Waals surface area contributed by atoms with E-state index in [1.54, 1.807) is 17.8 Å². The highest BCUT2D eigenvalue weighted by Gasteiger charge is 2.02. The number of aromatic nitrogens is 5. The quantitative estimate of drug-likeness (QED) is 0.783. The van der Waals surface area contributed by atoms with Crippen LogP contribution in [0.2, 0.25) is 0 Å². The maximum Gasteiger partial charge on any atom is 0.273 e. The van der Waals surface area contributed by atoms with Crippen molar-refractivity contribution < 1.29 is 0 Å². The highest BCUT2D eigenvalue weighted by Crippen LogP contribution is 2.09. The first-order valence-electron chi connectivity index (χ1n) is 4.92. The molecular weight excluding hydrogens is 208 g/mol. The maximum absolute atomic E-state index is 11.3. The molecule has 7 heteroatoms. The van der Waals surface area contributed by atoms with Crippen LogP contribution in [0.25, 0.3) is 0 Å². The first-order chi connectivity index (χ1) is 7.69. The Labute approximate surface area is 91.5 Å². The van der Waals surface area contributed by atoms with Crippen LogP contribution in [0, 0.1) is 6.92 Å². The molecule has 0 radical (unpaired) electrons. The summed E-state index contributed by atoms with van der Waals surface area (Å²) in [4.78, 5) is 13.8. The lowest BCUT2D eigenvalue weighted by Crippen LogP contribution is -2.15. The van der Waals surface area contributed by atoms with Crippen molar-refractivity contribution in [2.45, 2.75) is 20.4 Å². The van der Waals surface area contributed by atoms with Gasteiger partial charge in [-0.2, -0.15) is 5.10 Å². The molecule has 2 N–H and O–H groups in total. The third kappa shape index (κ3) is 2.08. The van der Waals surface area contributed by atoms with Crippen LogP contribution in [0.5, 0.6) is 0 Å². The van der Waals surface area contributed by atoms with Gasteiger partial charge in [0.25, 0.3) is 5.56 Å². The normalized spacial score (nSPS) is 10.4. The molecule has 0 amide bonds. The minimum atomic E-state index is -0.250. The van der Waals surface area contributed by atoms with E-state index in [9.17, 15) is 4.79 Å². The number of hydrogen-bond donors (Lipinski definition) is 2. The van der Waals surface area contributed by atoms with Crippen LogP contribution in [-0.2, 0) is 6.54 Å². The Bertz CT molecular complexity index is 543. The second-order valence-electron chi connectivity index (χ2n) is 3.30. The standard InChI is InChI=1S/C9H12N6O/c1-3-15-5-7(4-10-15)11-9-12-8(16)6(2)13-14-9/h4-5H,3H2,1-2H3,(H2,11,12,14,16). The molecule has 0 spiro atoms. The molecule has 0 aliphatic heterocycles. The fourth-order valence-electron chi connectivity index (χ4n) is 1.19. The van der Waals surface area contributed by atoms with E-state index in [4.69, 9.17) is 0 Å². The van der Waals surface area contributed by atoms with Crippen LogP contribution in [0.15, 0.2) is 17.2 Å². The number of aromatic amines is 1. The van der Waals surface area contributed by atoms with Crippen LogP contribution in [-0.4, -0.2) is 25.0 Å². The highest BCUT2D eigenvalue weighted by molar-refractivity contribution is 5.49. The van der Waals surface area contributed by atoms with Gasteiger partial charge in [0.15, 0.2) is 0 Å². The van der Waals surface area contributed by atoms with E-state index in [2.05, 4.69) is 25.6 Å². The molecule has 0 unspecified atom stereocenters. The Morgan fingerprint density at radius 3 is 2.94 bits per heavy atom. The molecule has 0 bridgehead atoms. The molecule has 0 aliphatic carbocycles. The lowest BCUT2D eigenvalue weighted by atomic mass is 10.5. The SMILES string of the molecule is CCn1cc(Nc2nnc(C)c(=O)[nH]2)cn1. The summed E-state index contributed by atoms with van der Waals surface area (Å²) < 4.78 is 1.77. The summed E-state index contributed by atoms with van der Waals surface area (Å²) in [5, 5.41) is 14.5. The average molecular weight is 220 g/mol. The van der Waals surface area contributed by atoms with Crippen molar-refractivity contribution in [1.29, 1.82) is 0 Å². The second-order valence-corrected chi connectivity index (χ2v) is 3.30. The molecule has 2 heterocycles. The molecule has 0 atom stereocenters. The summed E-state index contributed by atoms with van der Waals surface area (Å²) in [6, 6.07) is 0. The zero-order valence-electron chi connectivity index (χ0n) is 9.06. The Morgan fingerprint density at radius 1 is 1.50 bits per heavy atom. The summed E-state index contributed by atoms with van der Waals surface area (Å²) >= 11 is 0. The van der Waals surface area contributed by atoms with Crippen molar-refractivity contribution in [3.8, 4) is 0 Å². The molecule has 0 fully saturated rings. The Hall–Kier alpha value is -2.18. The van der Waals surface area contributed by atoms with E-state index in [0.717, 1.165) is 12.2 Å². The molecular formula is C9H12N6O. The second kappa shape index (κ2) is 4.13. The third-order valence-corrected chi connectivity index (χ3v) is 2.08. The van der Waals surface area contributed by atoms with Crippen LogP contribution < -0.4 is 10.9 Å². The Kier molecular flexibility index (Phi) is 2.67. The molecule has 2 aromatic heterocycles. The molecule has 0 saturated carbocycles. The van der Waals surface area contributed by atoms with Gasteiger partial charge in [-0.3, -0.25) is 14.5 Å².